The van der Waals surface area contributed by atoms with E-state index < -0.39 is 0 Å². The maximum atomic E-state index is 9.42. The van der Waals surface area contributed by atoms with Gasteiger partial charge in [0, 0.05) is 12.6 Å². The van der Waals surface area contributed by atoms with E-state index in [2.05, 4.69) is 35.1 Å². The highest BCUT2D eigenvalue weighted by Crippen LogP contribution is 2.37. The molecular weight excluding hydrogens is 278 g/mol. The van der Waals surface area contributed by atoms with Crippen LogP contribution in [-0.2, 0) is 6.54 Å². The smallest absolute Gasteiger partial charge is 0.129 e. The number of rotatable bonds is 3. The van der Waals surface area contributed by atoms with Gasteiger partial charge in [0.05, 0.1) is 4.47 Å². The van der Waals surface area contributed by atoms with Gasteiger partial charge in [-0.3, -0.25) is 0 Å². The first-order valence-corrected chi connectivity index (χ1v) is 6.96. The first kappa shape index (κ1) is 12.9. The highest BCUT2D eigenvalue weighted by molar-refractivity contribution is 9.10. The number of hydrogen-bond donors (Lipinski definition) is 2. The third-order valence-electron chi connectivity index (χ3n) is 3.58. The van der Waals surface area contributed by atoms with Crippen LogP contribution in [0, 0.1) is 5.41 Å². The van der Waals surface area contributed by atoms with Crippen LogP contribution in [0.4, 0.5) is 0 Å². The topological polar surface area (TPSA) is 32.3 Å². The van der Waals surface area contributed by atoms with Gasteiger partial charge in [-0.15, -0.1) is 0 Å². The number of hydrogen-bond acceptors (Lipinski definition) is 2. The first-order chi connectivity index (χ1) is 7.96. The van der Waals surface area contributed by atoms with Gasteiger partial charge in [-0.2, -0.15) is 0 Å². The fraction of sp³-hybridized carbons (Fsp3) is 0.571. The highest BCUT2D eigenvalue weighted by atomic mass is 79.9. The molecule has 1 fully saturated rings. The number of benzene rings is 1. The Morgan fingerprint density at radius 1 is 1.47 bits per heavy atom. The van der Waals surface area contributed by atoms with Crippen LogP contribution in [0.2, 0.25) is 0 Å². The lowest BCUT2D eigenvalue weighted by Gasteiger charge is -2.18. The molecular formula is C14H20BrNO. The molecule has 1 saturated carbocycles. The Bertz CT molecular complexity index is 403. The van der Waals surface area contributed by atoms with E-state index in [1.807, 2.05) is 12.1 Å². The van der Waals surface area contributed by atoms with Crippen molar-refractivity contribution in [2.24, 2.45) is 5.41 Å². The summed E-state index contributed by atoms with van der Waals surface area (Å²) in [5.41, 5.74) is 1.70. The zero-order valence-electron chi connectivity index (χ0n) is 10.5. The molecule has 17 heavy (non-hydrogen) atoms. The standard InChI is InChI=1S/C14H20BrNO/c1-14(2)6-5-11(8-14)16-9-10-3-4-13(17)12(15)7-10/h3-4,7,11,16-17H,5-6,8-9H2,1-2H3. The fourth-order valence-corrected chi connectivity index (χ4v) is 2.96. The van der Waals surface area contributed by atoms with Gasteiger partial charge in [-0.25, -0.2) is 0 Å². The third kappa shape index (κ3) is 3.46. The molecule has 0 saturated heterocycles. The normalized spacial score (nSPS) is 22.9. The minimum atomic E-state index is 0.302. The summed E-state index contributed by atoms with van der Waals surface area (Å²) in [6, 6.07) is 6.31. The Hall–Kier alpha value is -0.540. The minimum Gasteiger partial charge on any atom is -0.507 e. The maximum absolute atomic E-state index is 9.42. The van der Waals surface area contributed by atoms with E-state index in [4.69, 9.17) is 0 Å². The first-order valence-electron chi connectivity index (χ1n) is 6.17. The van der Waals surface area contributed by atoms with Crippen molar-refractivity contribution in [1.82, 2.24) is 5.32 Å². The molecule has 0 aliphatic heterocycles. The Morgan fingerprint density at radius 2 is 2.24 bits per heavy atom. The van der Waals surface area contributed by atoms with Crippen LogP contribution >= 0.6 is 15.9 Å². The third-order valence-corrected chi connectivity index (χ3v) is 4.21. The molecule has 1 unspecified atom stereocenters. The van der Waals surface area contributed by atoms with Gasteiger partial charge in [0.1, 0.15) is 5.75 Å². The molecule has 0 radical (unpaired) electrons. The van der Waals surface area contributed by atoms with Crippen molar-refractivity contribution in [3.05, 3.63) is 28.2 Å². The monoisotopic (exact) mass is 297 g/mol. The van der Waals surface area contributed by atoms with Crippen LogP contribution in [0.15, 0.2) is 22.7 Å². The molecule has 0 spiro atoms. The maximum Gasteiger partial charge on any atom is 0.129 e. The van der Waals surface area contributed by atoms with Crippen molar-refractivity contribution < 1.29 is 5.11 Å². The van der Waals surface area contributed by atoms with Gasteiger partial charge >= 0.3 is 0 Å². The molecule has 1 atom stereocenters. The van der Waals surface area contributed by atoms with Crippen LogP contribution in [0.5, 0.6) is 5.75 Å². The average molecular weight is 298 g/mol. The molecule has 2 nitrogen and oxygen atoms in total. The fourth-order valence-electron chi connectivity index (χ4n) is 2.53. The SMILES string of the molecule is CC1(C)CCC(NCc2ccc(O)c(Br)c2)C1. The van der Waals surface area contributed by atoms with E-state index in [1.54, 1.807) is 6.07 Å². The van der Waals surface area contributed by atoms with Gasteiger partial charge in [0.15, 0.2) is 0 Å². The molecule has 1 aliphatic carbocycles. The largest absolute Gasteiger partial charge is 0.507 e. The van der Waals surface area contributed by atoms with E-state index in [9.17, 15) is 5.11 Å². The summed E-state index contributed by atoms with van der Waals surface area (Å²) in [6.07, 6.45) is 3.84. The molecule has 1 aromatic carbocycles. The number of aromatic hydroxyl groups is 1. The number of halogens is 1. The molecule has 0 aromatic heterocycles. The predicted molar refractivity (Wildman–Crippen MR) is 74.1 cm³/mol. The van der Waals surface area contributed by atoms with Crippen molar-refractivity contribution in [2.75, 3.05) is 0 Å². The van der Waals surface area contributed by atoms with Crippen molar-refractivity contribution in [3.63, 3.8) is 0 Å². The van der Waals surface area contributed by atoms with Crippen LogP contribution in [0.3, 0.4) is 0 Å². The van der Waals surface area contributed by atoms with E-state index in [0.717, 1.165) is 11.0 Å². The molecule has 2 rings (SSSR count). The molecule has 2 N–H and O–H groups in total. The second-order valence-corrected chi connectivity index (χ2v) is 6.62. The van der Waals surface area contributed by atoms with Crippen molar-refractivity contribution in [2.45, 2.75) is 45.7 Å². The van der Waals surface area contributed by atoms with E-state index in [0.29, 0.717) is 17.2 Å². The Labute approximate surface area is 112 Å². The molecule has 1 aliphatic rings. The van der Waals surface area contributed by atoms with Crippen LogP contribution < -0.4 is 5.32 Å². The average Bonchev–Trinajstić information content (AvgIpc) is 2.60. The van der Waals surface area contributed by atoms with Gasteiger partial charge in [0.25, 0.3) is 0 Å². The summed E-state index contributed by atoms with van der Waals surface area (Å²) in [5.74, 6) is 0.302. The highest BCUT2D eigenvalue weighted by Gasteiger charge is 2.30. The van der Waals surface area contributed by atoms with Crippen molar-refractivity contribution in [3.8, 4) is 5.75 Å². The molecule has 0 amide bonds. The quantitative estimate of drug-likeness (QED) is 0.889. The number of nitrogens with one attached hydrogen (secondary N) is 1. The van der Waals surface area contributed by atoms with E-state index in [-0.39, 0.29) is 0 Å². The second kappa shape index (κ2) is 4.99. The Balaban J connectivity index is 1.88. The van der Waals surface area contributed by atoms with Gasteiger partial charge in [-0.05, 0) is 58.3 Å². The lowest BCUT2D eigenvalue weighted by Crippen LogP contribution is -2.26. The zero-order chi connectivity index (χ0) is 12.5. The summed E-state index contributed by atoms with van der Waals surface area (Å²) in [5, 5.41) is 13.0. The minimum absolute atomic E-state index is 0.302. The predicted octanol–water partition coefficient (Wildman–Crippen LogP) is 3.82. The van der Waals surface area contributed by atoms with Crippen molar-refractivity contribution in [1.29, 1.82) is 0 Å². The molecule has 0 bridgehead atoms. The number of phenols is 1. The van der Waals surface area contributed by atoms with Crippen LogP contribution in [0.25, 0.3) is 0 Å². The van der Waals surface area contributed by atoms with Gasteiger partial charge < -0.3 is 10.4 Å². The summed E-state index contributed by atoms with van der Waals surface area (Å²) >= 11 is 3.34. The lowest BCUT2D eigenvalue weighted by atomic mass is 9.92. The molecule has 1 aromatic rings. The number of phenolic OH excluding ortho intramolecular Hbond substituents is 1. The van der Waals surface area contributed by atoms with Crippen LogP contribution in [-0.4, -0.2) is 11.1 Å². The van der Waals surface area contributed by atoms with Gasteiger partial charge in [0.2, 0.25) is 0 Å². The lowest BCUT2D eigenvalue weighted by molar-refractivity contribution is 0.364. The summed E-state index contributed by atoms with van der Waals surface area (Å²) in [7, 11) is 0. The molecule has 3 heteroatoms. The Kier molecular flexibility index (Phi) is 3.79. The van der Waals surface area contributed by atoms with E-state index in [1.165, 1.54) is 24.8 Å². The second-order valence-electron chi connectivity index (χ2n) is 5.77. The van der Waals surface area contributed by atoms with Gasteiger partial charge in [-0.1, -0.05) is 19.9 Å². The summed E-state index contributed by atoms with van der Waals surface area (Å²) < 4.78 is 0.767. The van der Waals surface area contributed by atoms with E-state index >= 15 is 0 Å². The summed E-state index contributed by atoms with van der Waals surface area (Å²) in [4.78, 5) is 0. The molecule has 0 heterocycles. The zero-order valence-corrected chi connectivity index (χ0v) is 12.0. The molecule has 94 valence electrons. The summed E-state index contributed by atoms with van der Waals surface area (Å²) in [6.45, 7) is 5.55. The van der Waals surface area contributed by atoms with Crippen molar-refractivity contribution >= 4 is 15.9 Å². The Morgan fingerprint density at radius 3 is 2.82 bits per heavy atom. The van der Waals surface area contributed by atoms with Crippen LogP contribution in [0.1, 0.15) is 38.7 Å².